The molecule has 2 saturated carbocycles. The van der Waals surface area contributed by atoms with E-state index in [0.29, 0.717) is 24.8 Å². The number of nitrogens with zero attached hydrogens (tertiary/aromatic N) is 2. The second-order valence-corrected chi connectivity index (χ2v) is 8.76. The van der Waals surface area contributed by atoms with Gasteiger partial charge in [-0.2, -0.15) is 0 Å². The third-order valence-electron chi connectivity index (χ3n) is 7.21. The topological polar surface area (TPSA) is 42.0 Å². The van der Waals surface area contributed by atoms with Gasteiger partial charge >= 0.3 is 0 Å². The zero-order chi connectivity index (χ0) is 17.9. The first-order valence-electron chi connectivity index (χ1n) is 11.0. The summed E-state index contributed by atoms with van der Waals surface area (Å²) in [5.74, 6) is 0.991. The number of carbonyl (C=O) groups is 1. The van der Waals surface area contributed by atoms with Gasteiger partial charge in [0.25, 0.3) is 0 Å². The molecule has 5 nitrogen and oxygen atoms in total. The van der Waals surface area contributed by atoms with Crippen LogP contribution in [0.15, 0.2) is 0 Å². The minimum absolute atomic E-state index is 0.240. The maximum absolute atomic E-state index is 12.6. The van der Waals surface area contributed by atoms with Crippen molar-refractivity contribution in [3.63, 3.8) is 0 Å². The molecule has 5 heteroatoms. The zero-order valence-electron chi connectivity index (χ0n) is 16.4. The summed E-state index contributed by atoms with van der Waals surface area (Å²) in [5, 5.41) is 0. The van der Waals surface area contributed by atoms with Gasteiger partial charge < -0.3 is 19.3 Å². The van der Waals surface area contributed by atoms with Gasteiger partial charge in [0.05, 0.1) is 12.1 Å². The highest BCUT2D eigenvalue weighted by Gasteiger charge is 2.42. The summed E-state index contributed by atoms with van der Waals surface area (Å²) in [7, 11) is 0. The van der Waals surface area contributed by atoms with Gasteiger partial charge in [0, 0.05) is 38.4 Å². The predicted molar refractivity (Wildman–Crippen MR) is 101 cm³/mol. The summed E-state index contributed by atoms with van der Waals surface area (Å²) in [6.07, 6.45) is 11.3. The molecule has 0 radical (unpaired) electrons. The molecule has 0 spiro atoms. The second-order valence-electron chi connectivity index (χ2n) is 8.76. The summed E-state index contributed by atoms with van der Waals surface area (Å²) < 4.78 is 11.5. The van der Waals surface area contributed by atoms with Crippen LogP contribution in [0.5, 0.6) is 0 Å². The first-order chi connectivity index (χ1) is 12.8. The zero-order valence-corrected chi connectivity index (χ0v) is 16.4. The van der Waals surface area contributed by atoms with E-state index in [1.807, 2.05) is 0 Å². The van der Waals surface area contributed by atoms with Crippen LogP contribution in [0.4, 0.5) is 0 Å². The van der Waals surface area contributed by atoms with Crippen molar-refractivity contribution in [3.8, 4) is 0 Å². The Hall–Kier alpha value is -0.650. The van der Waals surface area contributed by atoms with Crippen molar-refractivity contribution >= 4 is 5.91 Å². The Labute approximate surface area is 158 Å². The SMILES string of the molecule is CCOC[C@H]1CC[C@@H](N2CCC(N3C(=O)COC4CCCC[C@H]43)CC2)C1. The van der Waals surface area contributed by atoms with E-state index < -0.39 is 0 Å². The lowest BCUT2D eigenvalue weighted by Gasteiger charge is -2.49. The Morgan fingerprint density at radius 3 is 2.65 bits per heavy atom. The molecular formula is C21H36N2O3. The highest BCUT2D eigenvalue weighted by molar-refractivity contribution is 5.79. The van der Waals surface area contributed by atoms with Crippen LogP contribution in [0.2, 0.25) is 0 Å². The minimum atomic E-state index is 0.240. The van der Waals surface area contributed by atoms with Gasteiger partial charge in [0.1, 0.15) is 6.61 Å². The number of carbonyl (C=O) groups excluding carboxylic acids is 1. The first kappa shape index (κ1) is 18.7. The molecule has 2 heterocycles. The summed E-state index contributed by atoms with van der Waals surface area (Å²) in [5.41, 5.74) is 0. The van der Waals surface area contributed by atoms with Crippen LogP contribution in [-0.2, 0) is 14.3 Å². The van der Waals surface area contributed by atoms with Crippen molar-refractivity contribution < 1.29 is 14.3 Å². The van der Waals surface area contributed by atoms with Crippen LogP contribution < -0.4 is 0 Å². The van der Waals surface area contributed by atoms with Crippen LogP contribution in [0.1, 0.15) is 64.7 Å². The highest BCUT2D eigenvalue weighted by atomic mass is 16.5. The first-order valence-corrected chi connectivity index (χ1v) is 11.0. The van der Waals surface area contributed by atoms with Crippen molar-refractivity contribution in [1.82, 2.24) is 9.80 Å². The number of amides is 1. The van der Waals surface area contributed by atoms with Crippen LogP contribution in [0.3, 0.4) is 0 Å². The molecule has 4 aliphatic rings. The average Bonchev–Trinajstić information content (AvgIpc) is 3.15. The number of hydrogen-bond donors (Lipinski definition) is 0. The maximum atomic E-state index is 12.6. The fraction of sp³-hybridized carbons (Fsp3) is 0.952. The van der Waals surface area contributed by atoms with E-state index in [-0.39, 0.29) is 5.91 Å². The number of hydrogen-bond acceptors (Lipinski definition) is 4. The number of morpholine rings is 1. The Morgan fingerprint density at radius 2 is 1.85 bits per heavy atom. The van der Waals surface area contributed by atoms with Gasteiger partial charge in [0.15, 0.2) is 0 Å². The molecule has 0 bridgehead atoms. The van der Waals surface area contributed by atoms with E-state index in [2.05, 4.69) is 16.7 Å². The fourth-order valence-electron chi connectivity index (χ4n) is 5.85. The van der Waals surface area contributed by atoms with E-state index in [0.717, 1.165) is 63.9 Å². The van der Waals surface area contributed by atoms with Crippen molar-refractivity contribution in [2.75, 3.05) is 32.9 Å². The third kappa shape index (κ3) is 3.95. The Bertz CT molecular complexity index is 478. The number of likely N-dealkylation sites (tertiary alicyclic amines) is 1. The number of rotatable bonds is 5. The normalized spacial score (nSPS) is 37.1. The number of fused-ring (bicyclic) bond motifs is 1. The maximum Gasteiger partial charge on any atom is 0.249 e. The predicted octanol–water partition coefficient (Wildman–Crippen LogP) is 2.83. The molecule has 0 N–H and O–H groups in total. The third-order valence-corrected chi connectivity index (χ3v) is 7.21. The van der Waals surface area contributed by atoms with Crippen LogP contribution in [0.25, 0.3) is 0 Å². The fourth-order valence-corrected chi connectivity index (χ4v) is 5.85. The summed E-state index contributed by atoms with van der Waals surface area (Å²) in [6.45, 7) is 6.47. The van der Waals surface area contributed by atoms with Crippen molar-refractivity contribution in [3.05, 3.63) is 0 Å². The van der Waals surface area contributed by atoms with E-state index in [9.17, 15) is 4.79 Å². The quantitative estimate of drug-likeness (QED) is 0.752. The summed E-state index contributed by atoms with van der Waals surface area (Å²) in [4.78, 5) is 17.6. The average molecular weight is 365 g/mol. The minimum Gasteiger partial charge on any atom is -0.381 e. The van der Waals surface area contributed by atoms with Crippen molar-refractivity contribution in [1.29, 1.82) is 0 Å². The van der Waals surface area contributed by atoms with E-state index in [4.69, 9.17) is 9.47 Å². The van der Waals surface area contributed by atoms with Gasteiger partial charge in [-0.05, 0) is 57.8 Å². The van der Waals surface area contributed by atoms with Gasteiger partial charge in [-0.15, -0.1) is 0 Å². The molecule has 0 aromatic rings. The lowest BCUT2D eigenvalue weighted by Crippen LogP contribution is -2.61. The van der Waals surface area contributed by atoms with Crippen LogP contribution >= 0.6 is 0 Å². The van der Waals surface area contributed by atoms with Gasteiger partial charge in [-0.3, -0.25) is 4.79 Å². The molecule has 0 aromatic heterocycles. The molecule has 2 saturated heterocycles. The molecule has 148 valence electrons. The summed E-state index contributed by atoms with van der Waals surface area (Å²) in [6, 6.07) is 1.53. The molecule has 4 atom stereocenters. The number of piperidine rings is 1. The second kappa shape index (κ2) is 8.57. The smallest absolute Gasteiger partial charge is 0.249 e. The lowest BCUT2D eigenvalue weighted by molar-refractivity contribution is -0.167. The van der Waals surface area contributed by atoms with Gasteiger partial charge in [-0.1, -0.05) is 12.8 Å². The summed E-state index contributed by atoms with van der Waals surface area (Å²) >= 11 is 0. The van der Waals surface area contributed by atoms with Gasteiger partial charge in [0.2, 0.25) is 5.91 Å². The standard InChI is InChI=1S/C21H36N2O3/c1-2-25-14-16-7-8-18(13-16)22-11-9-17(10-12-22)23-19-5-3-4-6-20(19)26-15-21(23)24/h16-20H,2-15H2,1H3/t16-,18+,19+,20?/m0/s1. The van der Waals surface area contributed by atoms with E-state index in [1.165, 1.54) is 32.1 Å². The molecule has 4 rings (SSSR count). The van der Waals surface area contributed by atoms with E-state index >= 15 is 0 Å². The molecule has 2 aliphatic carbocycles. The highest BCUT2D eigenvalue weighted by Crippen LogP contribution is 2.35. The Morgan fingerprint density at radius 1 is 1.04 bits per heavy atom. The molecule has 2 aliphatic heterocycles. The molecular weight excluding hydrogens is 328 g/mol. The molecule has 26 heavy (non-hydrogen) atoms. The molecule has 4 fully saturated rings. The molecule has 1 unspecified atom stereocenters. The Balaban J connectivity index is 1.30. The van der Waals surface area contributed by atoms with E-state index in [1.54, 1.807) is 0 Å². The van der Waals surface area contributed by atoms with Crippen molar-refractivity contribution in [2.24, 2.45) is 5.92 Å². The lowest BCUT2D eigenvalue weighted by atomic mass is 9.87. The van der Waals surface area contributed by atoms with Crippen molar-refractivity contribution in [2.45, 2.75) is 88.9 Å². The van der Waals surface area contributed by atoms with Crippen LogP contribution in [-0.4, -0.2) is 72.8 Å². The van der Waals surface area contributed by atoms with Gasteiger partial charge in [-0.25, -0.2) is 0 Å². The van der Waals surface area contributed by atoms with Crippen LogP contribution in [0, 0.1) is 5.92 Å². The molecule has 0 aromatic carbocycles. The molecule has 1 amide bonds. The largest absolute Gasteiger partial charge is 0.381 e. The number of ether oxygens (including phenoxy) is 2. The Kier molecular flexibility index (Phi) is 6.17. The monoisotopic (exact) mass is 364 g/mol.